The smallest absolute Gasteiger partial charge is 0.0587 e. The van der Waals surface area contributed by atoms with Crippen LogP contribution in [-0.2, 0) is 17.8 Å². The lowest BCUT2D eigenvalue weighted by atomic mass is 10.2. The van der Waals surface area contributed by atoms with Crippen molar-refractivity contribution in [3.63, 3.8) is 0 Å². The molecular weight excluding hydrogens is 282 g/mol. The maximum Gasteiger partial charge on any atom is 0.0587 e. The van der Waals surface area contributed by atoms with Crippen molar-refractivity contribution < 1.29 is 4.74 Å². The van der Waals surface area contributed by atoms with Gasteiger partial charge in [0.2, 0.25) is 0 Å². The van der Waals surface area contributed by atoms with Crippen molar-refractivity contribution in [1.29, 1.82) is 0 Å². The summed E-state index contributed by atoms with van der Waals surface area (Å²) in [4.78, 5) is 8.04. The van der Waals surface area contributed by atoms with Gasteiger partial charge in [-0.25, -0.2) is 0 Å². The van der Waals surface area contributed by atoms with Crippen molar-refractivity contribution in [1.82, 2.24) is 15.1 Å². The van der Waals surface area contributed by atoms with E-state index < -0.39 is 0 Å². The second-order valence-electron chi connectivity index (χ2n) is 5.94. The molecule has 0 atom stereocenters. The Hall–Kier alpha value is -0.460. The molecule has 0 aliphatic carbocycles. The van der Waals surface area contributed by atoms with Gasteiger partial charge in [-0.15, -0.1) is 11.3 Å². The quantitative estimate of drug-likeness (QED) is 0.743. The molecule has 1 aliphatic heterocycles. The first kappa shape index (κ1) is 16.9. The minimum atomic E-state index is 0.679. The number of hydrogen-bond acceptors (Lipinski definition) is 5. The van der Waals surface area contributed by atoms with Gasteiger partial charge < -0.3 is 10.1 Å². The molecule has 120 valence electrons. The van der Waals surface area contributed by atoms with E-state index in [1.807, 2.05) is 11.3 Å². The number of hydrogen-bond donors (Lipinski definition) is 1. The van der Waals surface area contributed by atoms with Crippen molar-refractivity contribution in [3.05, 3.63) is 21.9 Å². The van der Waals surface area contributed by atoms with Crippen LogP contribution in [0.25, 0.3) is 0 Å². The molecule has 0 unspecified atom stereocenters. The molecule has 0 radical (unpaired) electrons. The molecule has 0 amide bonds. The van der Waals surface area contributed by atoms with E-state index in [9.17, 15) is 0 Å². The van der Waals surface area contributed by atoms with Crippen LogP contribution in [-0.4, -0.2) is 62.3 Å². The van der Waals surface area contributed by atoms with Crippen molar-refractivity contribution in [2.24, 2.45) is 0 Å². The molecule has 5 heteroatoms. The Bertz CT molecular complexity index is 400. The van der Waals surface area contributed by atoms with Gasteiger partial charge >= 0.3 is 0 Å². The summed E-state index contributed by atoms with van der Waals surface area (Å²) in [7, 11) is 1.74. The molecule has 0 saturated carbocycles. The zero-order chi connectivity index (χ0) is 15.1. The second kappa shape index (κ2) is 8.86. The lowest BCUT2D eigenvalue weighted by molar-refractivity contribution is 0.105. The molecule has 4 nitrogen and oxygen atoms in total. The van der Waals surface area contributed by atoms with Crippen molar-refractivity contribution in [3.8, 4) is 0 Å². The summed E-state index contributed by atoms with van der Waals surface area (Å²) in [5.74, 6) is 0. The Kier molecular flexibility index (Phi) is 7.13. The number of thiophene rings is 1. The van der Waals surface area contributed by atoms with E-state index >= 15 is 0 Å². The van der Waals surface area contributed by atoms with E-state index in [-0.39, 0.29) is 0 Å². The molecule has 1 aromatic heterocycles. The summed E-state index contributed by atoms with van der Waals surface area (Å²) in [6.45, 7) is 13.1. The van der Waals surface area contributed by atoms with Crippen LogP contribution in [0, 0.1) is 0 Å². The fourth-order valence-electron chi connectivity index (χ4n) is 2.65. The highest BCUT2D eigenvalue weighted by Gasteiger charge is 2.19. The highest BCUT2D eigenvalue weighted by atomic mass is 32.1. The number of nitrogens with zero attached hydrogens (tertiary/aromatic N) is 2. The van der Waals surface area contributed by atoms with E-state index in [1.165, 1.54) is 35.9 Å². The predicted octanol–water partition coefficient (Wildman–Crippen LogP) is 2.01. The first-order valence-corrected chi connectivity index (χ1v) is 8.74. The van der Waals surface area contributed by atoms with Crippen LogP contribution in [0.2, 0.25) is 0 Å². The molecule has 0 spiro atoms. The molecule has 1 aliphatic rings. The lowest BCUT2D eigenvalue weighted by Crippen LogP contribution is -2.48. The number of ether oxygens (including phenoxy) is 1. The molecule has 1 saturated heterocycles. The maximum atomic E-state index is 5.04. The number of methoxy groups -OCH3 is 1. The third-order valence-electron chi connectivity index (χ3n) is 4.02. The topological polar surface area (TPSA) is 27.7 Å². The van der Waals surface area contributed by atoms with Crippen LogP contribution in [0.4, 0.5) is 0 Å². The predicted molar refractivity (Wildman–Crippen MR) is 89.9 cm³/mol. The zero-order valence-corrected chi connectivity index (χ0v) is 14.4. The molecule has 1 fully saturated rings. The summed E-state index contributed by atoms with van der Waals surface area (Å²) < 4.78 is 5.04. The Balaban J connectivity index is 1.70. The summed E-state index contributed by atoms with van der Waals surface area (Å²) >= 11 is 1.93. The molecule has 1 aromatic rings. The van der Waals surface area contributed by atoms with Gasteiger partial charge in [0.1, 0.15) is 0 Å². The molecule has 0 aromatic carbocycles. The van der Waals surface area contributed by atoms with E-state index in [1.54, 1.807) is 7.11 Å². The van der Waals surface area contributed by atoms with Crippen LogP contribution in [0.5, 0.6) is 0 Å². The van der Waals surface area contributed by atoms with Gasteiger partial charge in [-0.3, -0.25) is 9.80 Å². The summed E-state index contributed by atoms with van der Waals surface area (Å²) in [5, 5.41) is 3.40. The van der Waals surface area contributed by atoms with Crippen molar-refractivity contribution in [2.75, 3.05) is 46.4 Å². The fourth-order valence-corrected chi connectivity index (χ4v) is 3.68. The normalized spacial score (nSPS) is 17.7. The van der Waals surface area contributed by atoms with Gasteiger partial charge in [-0.2, -0.15) is 0 Å². The molecule has 1 N–H and O–H groups in total. The minimum Gasteiger partial charge on any atom is -0.383 e. The van der Waals surface area contributed by atoms with Crippen LogP contribution < -0.4 is 5.32 Å². The van der Waals surface area contributed by atoms with Crippen LogP contribution in [0.1, 0.15) is 23.6 Å². The van der Waals surface area contributed by atoms with Gasteiger partial charge in [0, 0.05) is 68.7 Å². The zero-order valence-electron chi connectivity index (χ0n) is 13.6. The van der Waals surface area contributed by atoms with Gasteiger partial charge in [0.05, 0.1) is 6.61 Å². The third kappa shape index (κ3) is 5.68. The van der Waals surface area contributed by atoms with E-state index in [0.717, 1.165) is 26.2 Å². The average Bonchev–Trinajstić information content (AvgIpc) is 2.92. The molecule has 21 heavy (non-hydrogen) atoms. The van der Waals surface area contributed by atoms with E-state index in [2.05, 4.69) is 41.1 Å². The van der Waals surface area contributed by atoms with E-state index in [0.29, 0.717) is 6.04 Å². The Morgan fingerprint density at radius 2 is 1.90 bits per heavy atom. The van der Waals surface area contributed by atoms with Crippen LogP contribution in [0.15, 0.2) is 12.1 Å². The summed E-state index contributed by atoms with van der Waals surface area (Å²) in [6, 6.07) is 5.22. The summed E-state index contributed by atoms with van der Waals surface area (Å²) in [5.41, 5.74) is 0. The first-order valence-electron chi connectivity index (χ1n) is 7.92. The number of piperazine rings is 1. The van der Waals surface area contributed by atoms with Gasteiger partial charge in [0.15, 0.2) is 0 Å². The van der Waals surface area contributed by atoms with Gasteiger partial charge in [-0.05, 0) is 26.0 Å². The standard InChI is InChI=1S/C16H29N3OS/c1-14(2)19-9-7-18(8-10-19)13-16-5-4-15(21-16)12-17-6-11-20-3/h4-5,14,17H,6-13H2,1-3H3. The van der Waals surface area contributed by atoms with Crippen LogP contribution >= 0.6 is 11.3 Å². The highest BCUT2D eigenvalue weighted by Crippen LogP contribution is 2.19. The first-order chi connectivity index (χ1) is 10.2. The Morgan fingerprint density at radius 3 is 2.57 bits per heavy atom. The number of nitrogens with one attached hydrogen (secondary N) is 1. The largest absolute Gasteiger partial charge is 0.383 e. The average molecular weight is 311 g/mol. The molecular formula is C16H29N3OS. The lowest BCUT2D eigenvalue weighted by Gasteiger charge is -2.36. The highest BCUT2D eigenvalue weighted by molar-refractivity contribution is 7.11. The fraction of sp³-hybridized carbons (Fsp3) is 0.750. The SMILES string of the molecule is COCCNCc1ccc(CN2CCN(C(C)C)CC2)s1. The van der Waals surface area contributed by atoms with Crippen molar-refractivity contribution in [2.45, 2.75) is 33.0 Å². The number of rotatable bonds is 8. The summed E-state index contributed by atoms with van der Waals surface area (Å²) in [6.07, 6.45) is 0. The van der Waals surface area contributed by atoms with Gasteiger partial charge in [0.25, 0.3) is 0 Å². The molecule has 2 heterocycles. The Morgan fingerprint density at radius 1 is 1.19 bits per heavy atom. The Labute approximate surface area is 133 Å². The molecule has 2 rings (SSSR count). The molecule has 0 bridgehead atoms. The van der Waals surface area contributed by atoms with Crippen LogP contribution in [0.3, 0.4) is 0 Å². The maximum absolute atomic E-state index is 5.04. The van der Waals surface area contributed by atoms with E-state index in [4.69, 9.17) is 4.74 Å². The van der Waals surface area contributed by atoms with Crippen molar-refractivity contribution >= 4 is 11.3 Å². The second-order valence-corrected chi connectivity index (χ2v) is 7.20. The monoisotopic (exact) mass is 311 g/mol. The minimum absolute atomic E-state index is 0.679. The van der Waals surface area contributed by atoms with Gasteiger partial charge in [-0.1, -0.05) is 0 Å². The third-order valence-corrected chi connectivity index (χ3v) is 5.09.